The molecule has 0 aromatic heterocycles. The maximum Gasteiger partial charge on any atom is 0.238 e. The van der Waals surface area contributed by atoms with E-state index in [1.807, 2.05) is 18.2 Å². The first-order valence-electron chi connectivity index (χ1n) is 5.57. The Morgan fingerprint density at radius 2 is 2.28 bits per heavy atom. The van der Waals surface area contributed by atoms with Gasteiger partial charge in [-0.05, 0) is 17.7 Å². The number of fused-ring (bicyclic) bond motifs is 1. The molecule has 6 heteroatoms. The van der Waals surface area contributed by atoms with Gasteiger partial charge in [-0.3, -0.25) is 15.0 Å². The van der Waals surface area contributed by atoms with Gasteiger partial charge in [0, 0.05) is 19.0 Å². The van der Waals surface area contributed by atoms with Gasteiger partial charge in [0.05, 0.1) is 17.9 Å². The lowest BCUT2D eigenvalue weighted by atomic mass is 10.1. The van der Waals surface area contributed by atoms with Crippen LogP contribution in [0.15, 0.2) is 23.1 Å². The molecule has 1 heterocycles. The number of anilines is 1. The topological polar surface area (TPSA) is 61.4 Å². The summed E-state index contributed by atoms with van der Waals surface area (Å²) in [5.41, 5.74) is 4.36. The predicted molar refractivity (Wildman–Crippen MR) is 71.3 cm³/mol. The molecule has 0 fully saturated rings. The quantitative estimate of drug-likeness (QED) is 0.796. The van der Waals surface area contributed by atoms with Crippen molar-refractivity contribution in [2.75, 3.05) is 25.2 Å². The Hall–Kier alpha value is -1.53. The number of thioether (sulfide) groups is 1. The smallest absolute Gasteiger partial charge is 0.238 e. The number of amides is 2. The third-order valence-electron chi connectivity index (χ3n) is 2.39. The van der Waals surface area contributed by atoms with Crippen molar-refractivity contribution in [3.05, 3.63) is 23.8 Å². The molecule has 2 N–H and O–H groups in total. The van der Waals surface area contributed by atoms with Crippen LogP contribution < -0.4 is 10.7 Å². The van der Waals surface area contributed by atoms with Crippen LogP contribution in [0.3, 0.4) is 0 Å². The normalized spacial score (nSPS) is 14.1. The average Bonchev–Trinajstić information content (AvgIpc) is 2.27. The van der Waals surface area contributed by atoms with Gasteiger partial charge in [-0.2, -0.15) is 0 Å². The molecular formula is C12H15N3O2S. The van der Waals surface area contributed by atoms with Crippen LogP contribution in [-0.2, 0) is 16.0 Å². The maximum atomic E-state index is 11.6. The second kappa shape index (κ2) is 5.41. The summed E-state index contributed by atoms with van der Waals surface area (Å²) < 4.78 is 0. The average molecular weight is 265 g/mol. The van der Waals surface area contributed by atoms with Crippen molar-refractivity contribution in [2.45, 2.75) is 11.3 Å². The van der Waals surface area contributed by atoms with Gasteiger partial charge in [-0.25, -0.2) is 5.01 Å². The van der Waals surface area contributed by atoms with Crippen LogP contribution in [0.2, 0.25) is 0 Å². The number of nitrogens with zero attached hydrogens (tertiary/aromatic N) is 1. The molecule has 1 aliphatic heterocycles. The van der Waals surface area contributed by atoms with Gasteiger partial charge in [0.2, 0.25) is 11.8 Å². The van der Waals surface area contributed by atoms with Crippen molar-refractivity contribution in [3.8, 4) is 0 Å². The van der Waals surface area contributed by atoms with E-state index in [2.05, 4.69) is 10.7 Å². The van der Waals surface area contributed by atoms with E-state index in [1.54, 1.807) is 19.1 Å². The molecule has 5 nitrogen and oxygen atoms in total. The second-order valence-corrected chi connectivity index (χ2v) is 5.29. The van der Waals surface area contributed by atoms with E-state index in [-0.39, 0.29) is 11.8 Å². The van der Waals surface area contributed by atoms with Gasteiger partial charge in [-0.1, -0.05) is 6.07 Å². The summed E-state index contributed by atoms with van der Waals surface area (Å²) in [7, 11) is 3.53. The zero-order chi connectivity index (χ0) is 13.1. The highest BCUT2D eigenvalue weighted by Gasteiger charge is 2.16. The van der Waals surface area contributed by atoms with Gasteiger partial charge in [0.15, 0.2) is 0 Å². The summed E-state index contributed by atoms with van der Waals surface area (Å²) in [6.45, 7) is 0. The van der Waals surface area contributed by atoms with Crippen LogP contribution in [0.5, 0.6) is 0 Å². The minimum atomic E-state index is -0.0743. The fraction of sp³-hybridized carbons (Fsp3) is 0.333. The Kier molecular flexibility index (Phi) is 3.88. The molecule has 0 bridgehead atoms. The Bertz CT molecular complexity index is 488. The third kappa shape index (κ3) is 3.24. The minimum absolute atomic E-state index is 0.00222. The van der Waals surface area contributed by atoms with Gasteiger partial charge in [0.1, 0.15) is 0 Å². The zero-order valence-electron chi connectivity index (χ0n) is 10.3. The largest absolute Gasteiger partial charge is 0.324 e. The Morgan fingerprint density at radius 3 is 3.00 bits per heavy atom. The highest BCUT2D eigenvalue weighted by atomic mass is 32.2. The van der Waals surface area contributed by atoms with Crippen molar-refractivity contribution in [3.63, 3.8) is 0 Å². The van der Waals surface area contributed by atoms with Crippen molar-refractivity contribution in [1.82, 2.24) is 10.4 Å². The van der Waals surface area contributed by atoms with E-state index in [4.69, 9.17) is 0 Å². The highest BCUT2D eigenvalue weighted by Crippen LogP contribution is 2.31. The molecule has 0 aliphatic carbocycles. The Labute approximate surface area is 110 Å². The first-order chi connectivity index (χ1) is 8.54. The van der Waals surface area contributed by atoms with Gasteiger partial charge < -0.3 is 5.32 Å². The number of carbonyl (C=O) groups excluding carboxylic acids is 2. The van der Waals surface area contributed by atoms with Gasteiger partial charge >= 0.3 is 0 Å². The summed E-state index contributed by atoms with van der Waals surface area (Å²) in [6.07, 6.45) is 0.298. The fourth-order valence-corrected chi connectivity index (χ4v) is 2.50. The van der Waals surface area contributed by atoms with Crippen LogP contribution >= 0.6 is 11.8 Å². The maximum absolute atomic E-state index is 11.6. The van der Waals surface area contributed by atoms with Crippen LogP contribution in [-0.4, -0.2) is 36.7 Å². The molecule has 2 amide bonds. The first kappa shape index (κ1) is 12.9. The second-order valence-electron chi connectivity index (χ2n) is 4.27. The predicted octanol–water partition coefficient (Wildman–Crippen LogP) is 0.866. The summed E-state index contributed by atoms with van der Waals surface area (Å²) in [4.78, 5) is 23.9. The molecule has 1 aromatic carbocycles. The van der Waals surface area contributed by atoms with Crippen LogP contribution in [0.4, 0.5) is 5.69 Å². The van der Waals surface area contributed by atoms with E-state index in [9.17, 15) is 9.59 Å². The number of nitrogens with one attached hydrogen (secondary N) is 2. The van der Waals surface area contributed by atoms with E-state index < -0.39 is 0 Å². The molecule has 0 radical (unpaired) electrons. The monoisotopic (exact) mass is 265 g/mol. The Balaban J connectivity index is 2.09. The lowest BCUT2D eigenvalue weighted by Crippen LogP contribution is -2.37. The minimum Gasteiger partial charge on any atom is -0.324 e. The summed E-state index contributed by atoms with van der Waals surface area (Å²) in [5.74, 6) is 0.380. The van der Waals surface area contributed by atoms with Crippen LogP contribution in [0.25, 0.3) is 0 Å². The first-order valence-corrected chi connectivity index (χ1v) is 6.55. The zero-order valence-corrected chi connectivity index (χ0v) is 11.1. The third-order valence-corrected chi connectivity index (χ3v) is 3.46. The molecule has 0 spiro atoms. The molecule has 1 aromatic rings. The molecule has 0 unspecified atom stereocenters. The van der Waals surface area contributed by atoms with Gasteiger partial charge in [-0.15, -0.1) is 11.8 Å². The lowest BCUT2D eigenvalue weighted by molar-refractivity contribution is -0.124. The molecule has 96 valence electrons. The number of benzene rings is 1. The SMILES string of the molecule is CN(C)NC(=O)Cc1ccc2c(c1)NC(=O)CS2. The van der Waals surface area contributed by atoms with Crippen LogP contribution in [0, 0.1) is 0 Å². The highest BCUT2D eigenvalue weighted by molar-refractivity contribution is 8.00. The number of hydrogen-bond acceptors (Lipinski definition) is 4. The van der Waals surface area contributed by atoms with E-state index >= 15 is 0 Å². The summed E-state index contributed by atoms with van der Waals surface area (Å²) in [5, 5.41) is 4.42. The van der Waals surface area contributed by atoms with E-state index in [0.29, 0.717) is 12.2 Å². The standard InChI is InChI=1S/C12H15N3O2S/c1-15(2)14-11(16)6-8-3-4-10-9(5-8)13-12(17)7-18-10/h3-5H,6-7H2,1-2H3,(H,13,17)(H,14,16). The number of hydrazine groups is 1. The van der Waals surface area contributed by atoms with Crippen molar-refractivity contribution >= 4 is 29.3 Å². The van der Waals surface area contributed by atoms with E-state index in [1.165, 1.54) is 11.8 Å². The van der Waals surface area contributed by atoms with Crippen molar-refractivity contribution in [2.24, 2.45) is 0 Å². The molecule has 0 saturated carbocycles. The molecule has 0 saturated heterocycles. The molecule has 2 rings (SSSR count). The lowest BCUT2D eigenvalue weighted by Gasteiger charge is -2.17. The van der Waals surface area contributed by atoms with Crippen molar-refractivity contribution in [1.29, 1.82) is 0 Å². The molecule has 18 heavy (non-hydrogen) atoms. The number of carbonyl (C=O) groups is 2. The summed E-state index contributed by atoms with van der Waals surface area (Å²) >= 11 is 1.51. The Morgan fingerprint density at radius 1 is 1.50 bits per heavy atom. The van der Waals surface area contributed by atoms with Crippen molar-refractivity contribution < 1.29 is 9.59 Å². The fourth-order valence-electron chi connectivity index (χ4n) is 1.71. The van der Waals surface area contributed by atoms with Crippen LogP contribution in [0.1, 0.15) is 5.56 Å². The number of rotatable bonds is 3. The van der Waals surface area contributed by atoms with E-state index in [0.717, 1.165) is 16.1 Å². The molecule has 1 aliphatic rings. The summed E-state index contributed by atoms with van der Waals surface area (Å²) in [6, 6.07) is 5.71. The molecular weight excluding hydrogens is 250 g/mol. The molecule has 0 atom stereocenters. The van der Waals surface area contributed by atoms with Gasteiger partial charge in [0.25, 0.3) is 0 Å². The number of hydrogen-bond donors (Lipinski definition) is 2.